The lowest BCUT2D eigenvalue weighted by molar-refractivity contribution is -0.140. The molecule has 1 heterocycles. The molecule has 1 N–H and O–H groups in total. The fraction of sp³-hybridized carbons (Fsp3) is 0.444. The second kappa shape index (κ2) is 4.70. The molecule has 0 aromatic heterocycles. The summed E-state index contributed by atoms with van der Waals surface area (Å²) in [5, 5.41) is 3.26. The van der Waals surface area contributed by atoms with E-state index in [4.69, 9.17) is 0 Å². The van der Waals surface area contributed by atoms with Gasteiger partial charge in [0.2, 0.25) is 11.8 Å². The Kier molecular flexibility index (Phi) is 2.90. The molecule has 2 fully saturated rings. The smallest absolute Gasteiger partial charge is 0.235 e. The SMILES string of the molecule is Cc1ccc(C)c(NCN2C(=O)[C@@H]3[C@H](C2=O)[C@H]2C=C[C@@H]3C2)c1. The van der Waals surface area contributed by atoms with Gasteiger partial charge in [-0.2, -0.15) is 0 Å². The number of allylic oxidation sites excluding steroid dienone is 2. The van der Waals surface area contributed by atoms with E-state index in [-0.39, 0.29) is 42.2 Å². The minimum atomic E-state index is -0.108. The van der Waals surface area contributed by atoms with Gasteiger partial charge >= 0.3 is 0 Å². The van der Waals surface area contributed by atoms with E-state index in [9.17, 15) is 9.59 Å². The maximum absolute atomic E-state index is 12.6. The van der Waals surface area contributed by atoms with E-state index in [1.54, 1.807) is 0 Å². The van der Waals surface area contributed by atoms with E-state index < -0.39 is 0 Å². The Morgan fingerprint density at radius 3 is 2.36 bits per heavy atom. The average Bonchev–Trinajstić information content (AvgIpc) is 3.16. The fourth-order valence-corrected chi connectivity index (χ4v) is 4.21. The van der Waals surface area contributed by atoms with E-state index in [2.05, 4.69) is 23.5 Å². The largest absolute Gasteiger partial charge is 0.367 e. The molecule has 2 aliphatic carbocycles. The number of carbonyl (C=O) groups excluding carboxylic acids is 2. The van der Waals surface area contributed by atoms with Crippen molar-refractivity contribution in [3.8, 4) is 0 Å². The van der Waals surface area contributed by atoms with Crippen LogP contribution in [-0.2, 0) is 9.59 Å². The molecule has 4 nitrogen and oxygen atoms in total. The monoisotopic (exact) mass is 296 g/mol. The lowest BCUT2D eigenvalue weighted by atomic mass is 9.85. The van der Waals surface area contributed by atoms with Crippen molar-refractivity contribution in [2.75, 3.05) is 12.0 Å². The van der Waals surface area contributed by atoms with E-state index in [0.717, 1.165) is 23.2 Å². The number of imide groups is 1. The van der Waals surface area contributed by atoms with Gasteiger partial charge in [-0.05, 0) is 49.3 Å². The molecule has 1 saturated heterocycles. The Bertz CT molecular complexity index is 664. The molecule has 22 heavy (non-hydrogen) atoms. The third-order valence-electron chi connectivity index (χ3n) is 5.38. The number of rotatable bonds is 3. The van der Waals surface area contributed by atoms with Crippen LogP contribution in [0.1, 0.15) is 17.5 Å². The van der Waals surface area contributed by atoms with E-state index in [0.29, 0.717) is 0 Å². The summed E-state index contributed by atoms with van der Waals surface area (Å²) in [6.07, 6.45) is 5.22. The lowest BCUT2D eigenvalue weighted by Crippen LogP contribution is -2.37. The van der Waals surface area contributed by atoms with Crippen LogP contribution in [0, 0.1) is 37.5 Å². The molecule has 0 spiro atoms. The molecule has 0 radical (unpaired) electrons. The minimum absolute atomic E-state index is 0.00431. The van der Waals surface area contributed by atoms with Gasteiger partial charge in [0.15, 0.2) is 0 Å². The molecule has 114 valence electrons. The number of aryl methyl sites for hydroxylation is 2. The normalized spacial score (nSPS) is 32.0. The lowest BCUT2D eigenvalue weighted by Gasteiger charge is -2.19. The van der Waals surface area contributed by atoms with Crippen LogP contribution in [-0.4, -0.2) is 23.4 Å². The van der Waals surface area contributed by atoms with Crippen molar-refractivity contribution in [3.05, 3.63) is 41.5 Å². The maximum atomic E-state index is 12.6. The van der Waals surface area contributed by atoms with Crippen molar-refractivity contribution in [2.24, 2.45) is 23.7 Å². The molecule has 2 bridgehead atoms. The third kappa shape index (κ3) is 1.83. The van der Waals surface area contributed by atoms with Crippen molar-refractivity contribution in [3.63, 3.8) is 0 Å². The predicted octanol–water partition coefficient (Wildman–Crippen LogP) is 2.48. The van der Waals surface area contributed by atoms with Gasteiger partial charge < -0.3 is 5.32 Å². The van der Waals surface area contributed by atoms with Crippen LogP contribution >= 0.6 is 0 Å². The molecule has 2 amide bonds. The highest BCUT2D eigenvalue weighted by Gasteiger charge is 2.59. The Labute approximate surface area is 130 Å². The van der Waals surface area contributed by atoms with Crippen molar-refractivity contribution >= 4 is 17.5 Å². The summed E-state index contributed by atoms with van der Waals surface area (Å²) in [6.45, 7) is 4.33. The molecule has 1 aromatic carbocycles. The van der Waals surface area contributed by atoms with Crippen LogP contribution in [0.25, 0.3) is 0 Å². The summed E-state index contributed by atoms with van der Waals surface area (Å²) in [4.78, 5) is 26.6. The summed E-state index contributed by atoms with van der Waals surface area (Å²) in [5.41, 5.74) is 3.26. The first-order chi connectivity index (χ1) is 10.6. The van der Waals surface area contributed by atoms with Gasteiger partial charge in [-0.15, -0.1) is 0 Å². The summed E-state index contributed by atoms with van der Waals surface area (Å²) >= 11 is 0. The third-order valence-corrected chi connectivity index (χ3v) is 5.38. The highest BCUT2D eigenvalue weighted by Crippen LogP contribution is 2.52. The number of hydrogen-bond donors (Lipinski definition) is 1. The van der Waals surface area contributed by atoms with Crippen LogP contribution < -0.4 is 5.32 Å². The highest BCUT2D eigenvalue weighted by atomic mass is 16.2. The molecular formula is C18H20N2O2. The first-order valence-electron chi connectivity index (χ1n) is 7.91. The van der Waals surface area contributed by atoms with Gasteiger partial charge in [0.25, 0.3) is 0 Å². The van der Waals surface area contributed by atoms with E-state index >= 15 is 0 Å². The van der Waals surface area contributed by atoms with Crippen LogP contribution in [0.4, 0.5) is 5.69 Å². The zero-order valence-electron chi connectivity index (χ0n) is 12.9. The number of amides is 2. The number of likely N-dealkylation sites (tertiary alicyclic amines) is 1. The first kappa shape index (κ1) is 13.6. The Morgan fingerprint density at radius 2 is 1.73 bits per heavy atom. The average molecular weight is 296 g/mol. The van der Waals surface area contributed by atoms with Crippen molar-refractivity contribution in [2.45, 2.75) is 20.3 Å². The number of hydrogen-bond acceptors (Lipinski definition) is 3. The minimum Gasteiger partial charge on any atom is -0.367 e. The summed E-state index contributed by atoms with van der Waals surface area (Å²) in [7, 11) is 0. The van der Waals surface area contributed by atoms with Gasteiger partial charge in [-0.1, -0.05) is 24.3 Å². The predicted molar refractivity (Wildman–Crippen MR) is 84.0 cm³/mol. The van der Waals surface area contributed by atoms with Crippen LogP contribution in [0.3, 0.4) is 0 Å². The van der Waals surface area contributed by atoms with Crippen molar-refractivity contribution in [1.82, 2.24) is 4.90 Å². The molecule has 1 aromatic rings. The number of fused-ring (bicyclic) bond motifs is 5. The van der Waals surface area contributed by atoms with E-state index in [1.165, 1.54) is 4.90 Å². The van der Waals surface area contributed by atoms with Gasteiger partial charge in [-0.25, -0.2) is 0 Å². The summed E-state index contributed by atoms with van der Waals surface area (Å²) in [5.74, 6) is 0.342. The molecule has 1 aliphatic heterocycles. The van der Waals surface area contributed by atoms with Crippen LogP contribution in [0.5, 0.6) is 0 Å². The Morgan fingerprint density at radius 1 is 1.09 bits per heavy atom. The first-order valence-corrected chi connectivity index (χ1v) is 7.91. The van der Waals surface area contributed by atoms with Gasteiger partial charge in [0.1, 0.15) is 0 Å². The molecule has 4 heteroatoms. The Balaban J connectivity index is 1.51. The van der Waals surface area contributed by atoms with Crippen molar-refractivity contribution < 1.29 is 9.59 Å². The van der Waals surface area contributed by atoms with E-state index in [1.807, 2.05) is 26.0 Å². The second-order valence-corrected chi connectivity index (χ2v) is 6.76. The number of anilines is 1. The number of carbonyl (C=O) groups is 2. The highest BCUT2D eigenvalue weighted by molar-refractivity contribution is 6.06. The molecule has 0 unspecified atom stereocenters. The summed E-state index contributed by atoms with van der Waals surface area (Å²) in [6, 6.07) is 6.15. The Hall–Kier alpha value is -2.10. The quantitative estimate of drug-likeness (QED) is 0.688. The van der Waals surface area contributed by atoms with Crippen molar-refractivity contribution in [1.29, 1.82) is 0 Å². The second-order valence-electron chi connectivity index (χ2n) is 6.76. The van der Waals surface area contributed by atoms with Gasteiger partial charge in [-0.3, -0.25) is 14.5 Å². The fourth-order valence-electron chi connectivity index (χ4n) is 4.21. The number of nitrogens with zero attached hydrogens (tertiary/aromatic N) is 1. The zero-order valence-corrected chi connectivity index (χ0v) is 12.9. The zero-order chi connectivity index (χ0) is 15.4. The summed E-state index contributed by atoms with van der Waals surface area (Å²) < 4.78 is 0. The van der Waals surface area contributed by atoms with Gasteiger partial charge in [0, 0.05) is 5.69 Å². The van der Waals surface area contributed by atoms with Gasteiger partial charge in [0.05, 0.1) is 18.5 Å². The maximum Gasteiger partial charge on any atom is 0.235 e. The number of benzene rings is 1. The standard InChI is InChI=1S/C18H20N2O2/c1-10-3-4-11(2)14(7-10)19-9-20-17(21)15-12-5-6-13(8-12)16(15)18(20)22/h3-7,12-13,15-16,19H,8-9H2,1-2H3/t12-,13+,15+,16-. The number of nitrogens with one attached hydrogen (secondary N) is 1. The molecule has 1 saturated carbocycles. The molecule has 4 atom stereocenters. The topological polar surface area (TPSA) is 49.4 Å². The molecular weight excluding hydrogens is 276 g/mol. The molecule has 4 rings (SSSR count). The van der Waals surface area contributed by atoms with Crippen LogP contribution in [0.2, 0.25) is 0 Å². The van der Waals surface area contributed by atoms with Crippen LogP contribution in [0.15, 0.2) is 30.4 Å². The molecule has 3 aliphatic rings.